The quantitative estimate of drug-likeness (QED) is 0.434. The number of nitrogens with two attached hydrogens (primary N) is 1. The van der Waals surface area contributed by atoms with E-state index in [1.165, 1.54) is 0 Å². The van der Waals surface area contributed by atoms with Gasteiger partial charge in [0.05, 0.1) is 0 Å². The molecule has 6 heteroatoms. The second-order valence-electron chi connectivity index (χ2n) is 2.92. The molecule has 0 fully saturated rings. The number of aliphatic carboxylic acids is 1. The number of carboxylic acids is 1. The Morgan fingerprint density at radius 2 is 2.14 bits per heavy atom. The van der Waals surface area contributed by atoms with Gasteiger partial charge in [-0.3, -0.25) is 9.59 Å². The lowest BCUT2D eigenvalue weighted by Crippen LogP contribution is -2.35. The molecule has 14 heavy (non-hydrogen) atoms. The van der Waals surface area contributed by atoms with Crippen molar-refractivity contribution in [1.82, 2.24) is 5.32 Å². The average Bonchev–Trinajstić information content (AvgIpc) is 2.16. The number of rotatable bonds is 7. The molecule has 0 aliphatic rings. The van der Waals surface area contributed by atoms with Crippen molar-refractivity contribution in [2.24, 2.45) is 11.7 Å². The predicted molar refractivity (Wildman–Crippen MR) is 56.3 cm³/mol. The summed E-state index contributed by atoms with van der Waals surface area (Å²) in [6.07, 6.45) is 1.39. The molecule has 0 aromatic rings. The van der Waals surface area contributed by atoms with Crippen LogP contribution >= 0.6 is 12.6 Å². The predicted octanol–water partition coefficient (Wildman–Crippen LogP) is -0.528. The van der Waals surface area contributed by atoms with Crippen molar-refractivity contribution < 1.29 is 14.7 Å². The van der Waals surface area contributed by atoms with Gasteiger partial charge in [-0.05, 0) is 19.4 Å². The van der Waals surface area contributed by atoms with Crippen molar-refractivity contribution in [3.8, 4) is 0 Å². The van der Waals surface area contributed by atoms with Crippen LogP contribution < -0.4 is 11.1 Å². The van der Waals surface area contributed by atoms with Crippen molar-refractivity contribution in [2.75, 3.05) is 18.8 Å². The van der Waals surface area contributed by atoms with Crippen LogP contribution in [0.25, 0.3) is 0 Å². The van der Waals surface area contributed by atoms with Gasteiger partial charge in [-0.25, -0.2) is 0 Å². The second kappa shape index (κ2) is 7.64. The third-order valence-electron chi connectivity index (χ3n) is 1.76. The summed E-state index contributed by atoms with van der Waals surface area (Å²) in [5, 5.41) is 10.7. The first-order chi connectivity index (χ1) is 6.61. The molecule has 0 bridgehead atoms. The Labute approximate surface area is 88.5 Å². The van der Waals surface area contributed by atoms with Gasteiger partial charge in [-0.15, -0.1) is 0 Å². The molecule has 0 aromatic carbocycles. The topological polar surface area (TPSA) is 92.4 Å². The molecule has 5 nitrogen and oxygen atoms in total. The summed E-state index contributed by atoms with van der Waals surface area (Å²) in [4.78, 5) is 21.5. The number of thiol groups is 1. The fourth-order valence-corrected chi connectivity index (χ4v) is 1.33. The van der Waals surface area contributed by atoms with Crippen LogP contribution in [0.15, 0.2) is 0 Å². The molecule has 1 amide bonds. The zero-order valence-electron chi connectivity index (χ0n) is 7.90. The third kappa shape index (κ3) is 5.82. The van der Waals surface area contributed by atoms with Gasteiger partial charge in [0.2, 0.25) is 5.91 Å². The first kappa shape index (κ1) is 13.2. The van der Waals surface area contributed by atoms with Crippen molar-refractivity contribution in [1.29, 1.82) is 0 Å². The summed E-state index contributed by atoms with van der Waals surface area (Å²) in [5.74, 6) is -1.15. The van der Waals surface area contributed by atoms with E-state index in [2.05, 4.69) is 17.9 Å². The van der Waals surface area contributed by atoms with Crippen LogP contribution in [0.3, 0.4) is 0 Å². The minimum Gasteiger partial charge on any atom is -0.480 e. The number of carbonyl (C=O) groups excluding carboxylic acids is 1. The van der Waals surface area contributed by atoms with Crippen molar-refractivity contribution in [2.45, 2.75) is 12.8 Å². The smallest absolute Gasteiger partial charge is 0.322 e. The van der Waals surface area contributed by atoms with Crippen molar-refractivity contribution in [3.63, 3.8) is 0 Å². The Balaban J connectivity index is 3.85. The molecule has 0 aliphatic heterocycles. The summed E-state index contributed by atoms with van der Waals surface area (Å²) in [6.45, 7) is 0.183. The highest BCUT2D eigenvalue weighted by Crippen LogP contribution is 2.07. The molecule has 82 valence electrons. The lowest BCUT2D eigenvalue weighted by atomic mass is 10.0. The standard InChI is InChI=1S/C8H16N2O3S/c9-3-1-2-6(5-14)8(13)10-4-7(11)12/h6,14H,1-5,9H2,(H,10,13)(H,11,12). The van der Waals surface area contributed by atoms with Crippen LogP contribution in [0.4, 0.5) is 0 Å². The zero-order chi connectivity index (χ0) is 11.0. The van der Waals surface area contributed by atoms with E-state index in [4.69, 9.17) is 10.8 Å². The second-order valence-corrected chi connectivity index (χ2v) is 3.29. The van der Waals surface area contributed by atoms with Crippen molar-refractivity contribution in [3.05, 3.63) is 0 Å². The Hall–Kier alpha value is -0.750. The number of carbonyl (C=O) groups is 2. The van der Waals surface area contributed by atoms with Gasteiger partial charge in [-0.1, -0.05) is 0 Å². The van der Waals surface area contributed by atoms with Crippen LogP contribution in [0.1, 0.15) is 12.8 Å². The molecule has 0 radical (unpaired) electrons. The lowest BCUT2D eigenvalue weighted by Gasteiger charge is -2.12. The molecule has 0 saturated heterocycles. The molecule has 0 heterocycles. The summed E-state index contributed by atoms with van der Waals surface area (Å²) >= 11 is 4.02. The van der Waals surface area contributed by atoms with Crippen LogP contribution in [-0.4, -0.2) is 35.8 Å². The van der Waals surface area contributed by atoms with Crippen LogP contribution in [0.2, 0.25) is 0 Å². The Kier molecular flexibility index (Phi) is 7.23. The Morgan fingerprint density at radius 1 is 1.50 bits per heavy atom. The van der Waals surface area contributed by atoms with E-state index in [0.29, 0.717) is 18.7 Å². The van der Waals surface area contributed by atoms with E-state index in [-0.39, 0.29) is 18.4 Å². The molecule has 0 aromatic heterocycles. The summed E-state index contributed by atoms with van der Waals surface area (Å²) in [6, 6.07) is 0. The normalized spacial score (nSPS) is 12.1. The average molecular weight is 220 g/mol. The number of amides is 1. The highest BCUT2D eigenvalue weighted by atomic mass is 32.1. The van der Waals surface area contributed by atoms with Crippen molar-refractivity contribution >= 4 is 24.5 Å². The summed E-state index contributed by atoms with van der Waals surface area (Å²) < 4.78 is 0. The Morgan fingerprint density at radius 3 is 2.57 bits per heavy atom. The van der Waals surface area contributed by atoms with E-state index in [9.17, 15) is 9.59 Å². The van der Waals surface area contributed by atoms with Gasteiger partial charge in [0.1, 0.15) is 6.54 Å². The molecule has 1 unspecified atom stereocenters. The zero-order valence-corrected chi connectivity index (χ0v) is 8.80. The number of hydrogen-bond donors (Lipinski definition) is 4. The molecular weight excluding hydrogens is 204 g/mol. The van der Waals surface area contributed by atoms with Gasteiger partial charge in [-0.2, -0.15) is 12.6 Å². The number of nitrogens with one attached hydrogen (secondary N) is 1. The minimum atomic E-state index is -1.05. The van der Waals surface area contributed by atoms with Crippen LogP contribution in [0, 0.1) is 5.92 Å². The summed E-state index contributed by atoms with van der Waals surface area (Å²) in [5.41, 5.74) is 5.30. The molecule has 0 rings (SSSR count). The van der Waals surface area contributed by atoms with Crippen LogP contribution in [-0.2, 0) is 9.59 Å². The van der Waals surface area contributed by atoms with E-state index in [0.717, 1.165) is 6.42 Å². The maximum Gasteiger partial charge on any atom is 0.322 e. The maximum atomic E-state index is 11.3. The van der Waals surface area contributed by atoms with Gasteiger partial charge in [0.15, 0.2) is 0 Å². The Bertz CT molecular complexity index is 199. The largest absolute Gasteiger partial charge is 0.480 e. The SMILES string of the molecule is NCCCC(CS)C(=O)NCC(=O)O. The maximum absolute atomic E-state index is 11.3. The number of carboxylic acid groups (broad SMARTS) is 1. The van der Waals surface area contributed by atoms with E-state index in [1.807, 2.05) is 0 Å². The van der Waals surface area contributed by atoms with Crippen LogP contribution in [0.5, 0.6) is 0 Å². The fraction of sp³-hybridized carbons (Fsp3) is 0.750. The van der Waals surface area contributed by atoms with Gasteiger partial charge in [0, 0.05) is 11.7 Å². The lowest BCUT2D eigenvalue weighted by molar-refractivity contribution is -0.138. The molecule has 0 saturated carbocycles. The summed E-state index contributed by atoms with van der Waals surface area (Å²) in [7, 11) is 0. The van der Waals surface area contributed by atoms with Gasteiger partial charge < -0.3 is 16.2 Å². The fourth-order valence-electron chi connectivity index (χ4n) is 0.977. The molecule has 1 atom stereocenters. The first-order valence-electron chi connectivity index (χ1n) is 4.42. The minimum absolute atomic E-state index is 0.249. The van der Waals surface area contributed by atoms with E-state index >= 15 is 0 Å². The van der Waals surface area contributed by atoms with Gasteiger partial charge >= 0.3 is 5.97 Å². The monoisotopic (exact) mass is 220 g/mol. The number of hydrogen-bond acceptors (Lipinski definition) is 4. The molecule has 0 aliphatic carbocycles. The molecular formula is C8H16N2O3S. The molecule has 4 N–H and O–H groups in total. The first-order valence-corrected chi connectivity index (χ1v) is 5.05. The van der Waals surface area contributed by atoms with E-state index < -0.39 is 5.97 Å². The third-order valence-corrected chi connectivity index (χ3v) is 2.20. The highest BCUT2D eigenvalue weighted by molar-refractivity contribution is 7.80. The highest BCUT2D eigenvalue weighted by Gasteiger charge is 2.16. The molecule has 0 spiro atoms. The van der Waals surface area contributed by atoms with E-state index in [1.54, 1.807) is 0 Å². The van der Waals surface area contributed by atoms with Gasteiger partial charge in [0.25, 0.3) is 0 Å².